The minimum atomic E-state index is -3.33. The van der Waals surface area contributed by atoms with E-state index < -0.39 is 10.0 Å². The van der Waals surface area contributed by atoms with E-state index in [4.69, 9.17) is 0 Å². The molecule has 2 aliphatic heterocycles. The summed E-state index contributed by atoms with van der Waals surface area (Å²) >= 11 is 0. The van der Waals surface area contributed by atoms with E-state index in [1.807, 2.05) is 41.3 Å². The molecule has 5 nitrogen and oxygen atoms in total. The van der Waals surface area contributed by atoms with Gasteiger partial charge in [-0.05, 0) is 62.0 Å². The fourth-order valence-electron chi connectivity index (χ4n) is 5.19. The molecule has 0 saturated carbocycles. The zero-order valence-electron chi connectivity index (χ0n) is 19.4. The van der Waals surface area contributed by atoms with Crippen molar-refractivity contribution in [2.75, 3.05) is 31.9 Å². The molecule has 33 heavy (non-hydrogen) atoms. The highest BCUT2D eigenvalue weighted by Crippen LogP contribution is 2.26. The number of rotatable bonds is 8. The molecule has 0 radical (unpaired) electrons. The van der Waals surface area contributed by atoms with E-state index >= 15 is 0 Å². The molecule has 2 saturated heterocycles. The highest BCUT2D eigenvalue weighted by atomic mass is 32.2. The van der Waals surface area contributed by atoms with E-state index in [0.717, 1.165) is 57.2 Å². The summed E-state index contributed by atoms with van der Waals surface area (Å²) in [7, 11) is -3.33. The van der Waals surface area contributed by atoms with Gasteiger partial charge in [-0.2, -0.15) is 0 Å². The molecule has 6 heteroatoms. The molecule has 178 valence electrons. The van der Waals surface area contributed by atoms with Crippen LogP contribution in [0.3, 0.4) is 0 Å². The molecular formula is C27H36N2O3S. The van der Waals surface area contributed by atoms with E-state index in [2.05, 4.69) is 24.3 Å². The Morgan fingerprint density at radius 3 is 2.15 bits per heavy atom. The lowest BCUT2D eigenvalue weighted by Crippen LogP contribution is -2.49. The quantitative estimate of drug-likeness (QED) is 0.585. The van der Waals surface area contributed by atoms with E-state index in [1.54, 1.807) is 4.31 Å². The Morgan fingerprint density at radius 1 is 0.848 bits per heavy atom. The van der Waals surface area contributed by atoms with Gasteiger partial charge < -0.3 is 4.90 Å². The van der Waals surface area contributed by atoms with Crippen molar-refractivity contribution >= 4 is 15.9 Å². The first-order chi connectivity index (χ1) is 16.0. The average Bonchev–Trinajstić information content (AvgIpc) is 2.85. The van der Waals surface area contributed by atoms with Gasteiger partial charge >= 0.3 is 0 Å². The number of amides is 1. The minimum Gasteiger partial charge on any atom is -0.342 e. The number of sulfonamides is 1. The van der Waals surface area contributed by atoms with Crippen LogP contribution in [0.25, 0.3) is 0 Å². The zero-order valence-corrected chi connectivity index (χ0v) is 20.3. The number of piperidine rings is 2. The fourth-order valence-corrected chi connectivity index (χ4v) is 6.77. The smallest absolute Gasteiger partial charge is 0.227 e. The molecule has 0 spiro atoms. The van der Waals surface area contributed by atoms with Gasteiger partial charge in [0.25, 0.3) is 0 Å². The predicted octanol–water partition coefficient (Wildman–Crippen LogP) is 4.14. The molecule has 4 rings (SSSR count). The van der Waals surface area contributed by atoms with Crippen LogP contribution < -0.4 is 0 Å². The number of likely N-dealkylation sites (tertiary alicyclic amines) is 1. The molecule has 1 atom stereocenters. The summed E-state index contributed by atoms with van der Waals surface area (Å²) in [4.78, 5) is 15.2. The molecule has 0 bridgehead atoms. The van der Waals surface area contributed by atoms with Gasteiger partial charge in [0, 0.05) is 26.2 Å². The van der Waals surface area contributed by atoms with Crippen molar-refractivity contribution in [2.45, 2.75) is 44.9 Å². The first-order valence-electron chi connectivity index (χ1n) is 12.4. The molecule has 0 unspecified atom stereocenters. The zero-order chi connectivity index (χ0) is 23.1. The maximum absolute atomic E-state index is 13.2. The Balaban J connectivity index is 1.25. The van der Waals surface area contributed by atoms with E-state index in [-0.39, 0.29) is 17.6 Å². The summed E-state index contributed by atoms with van der Waals surface area (Å²) in [5, 5.41) is 0. The number of carbonyl (C=O) groups excluding carboxylic acids is 1. The van der Waals surface area contributed by atoms with Crippen molar-refractivity contribution in [3.05, 3.63) is 71.8 Å². The Labute approximate surface area is 198 Å². The number of carbonyl (C=O) groups is 1. The second kappa shape index (κ2) is 11.3. The van der Waals surface area contributed by atoms with Crippen LogP contribution >= 0.6 is 0 Å². The average molecular weight is 469 g/mol. The van der Waals surface area contributed by atoms with Crippen LogP contribution in [0.4, 0.5) is 0 Å². The monoisotopic (exact) mass is 468 g/mol. The fraction of sp³-hybridized carbons (Fsp3) is 0.519. The second-order valence-electron chi connectivity index (χ2n) is 9.56. The summed E-state index contributed by atoms with van der Waals surface area (Å²) in [6.07, 6.45) is 6.03. The molecule has 2 aromatic rings. The summed E-state index contributed by atoms with van der Waals surface area (Å²) in [6, 6.07) is 20.6. The largest absolute Gasteiger partial charge is 0.342 e. The van der Waals surface area contributed by atoms with Crippen LogP contribution in [-0.2, 0) is 27.7 Å². The normalized spacial score (nSPS) is 20.6. The topological polar surface area (TPSA) is 57.7 Å². The Bertz CT molecular complexity index is 987. The van der Waals surface area contributed by atoms with Crippen molar-refractivity contribution in [1.82, 2.24) is 9.21 Å². The Kier molecular flexibility index (Phi) is 8.20. The third kappa shape index (κ3) is 6.67. The van der Waals surface area contributed by atoms with Crippen LogP contribution in [0.2, 0.25) is 0 Å². The number of nitrogens with zero attached hydrogens (tertiary/aromatic N) is 2. The third-order valence-corrected chi connectivity index (χ3v) is 9.05. The maximum atomic E-state index is 13.2. The first-order valence-corrected chi connectivity index (χ1v) is 14.0. The molecule has 1 amide bonds. The van der Waals surface area contributed by atoms with Crippen LogP contribution in [-0.4, -0.2) is 55.5 Å². The van der Waals surface area contributed by atoms with Gasteiger partial charge in [-0.3, -0.25) is 4.79 Å². The minimum absolute atomic E-state index is 0.147. The van der Waals surface area contributed by atoms with Crippen molar-refractivity contribution in [3.8, 4) is 0 Å². The lowest BCUT2D eigenvalue weighted by atomic mass is 9.89. The van der Waals surface area contributed by atoms with Crippen LogP contribution in [0.1, 0.15) is 43.2 Å². The van der Waals surface area contributed by atoms with E-state index in [1.165, 1.54) is 5.56 Å². The number of aryl methyl sites for hydroxylation is 1. The van der Waals surface area contributed by atoms with Gasteiger partial charge in [0.05, 0.1) is 11.7 Å². The number of hydrogen-bond donors (Lipinski definition) is 0. The van der Waals surface area contributed by atoms with Crippen molar-refractivity contribution in [2.24, 2.45) is 11.8 Å². The van der Waals surface area contributed by atoms with E-state index in [0.29, 0.717) is 25.4 Å². The molecule has 0 N–H and O–H groups in total. The Hall–Kier alpha value is -2.18. The molecule has 2 fully saturated rings. The van der Waals surface area contributed by atoms with Gasteiger partial charge in [0.2, 0.25) is 15.9 Å². The number of benzene rings is 2. The summed E-state index contributed by atoms with van der Waals surface area (Å²) in [5.74, 6) is 0.711. The Morgan fingerprint density at radius 2 is 1.48 bits per heavy atom. The predicted molar refractivity (Wildman–Crippen MR) is 132 cm³/mol. The number of hydrogen-bond acceptors (Lipinski definition) is 3. The third-order valence-electron chi connectivity index (χ3n) is 7.13. The van der Waals surface area contributed by atoms with Crippen molar-refractivity contribution in [3.63, 3.8) is 0 Å². The van der Waals surface area contributed by atoms with Gasteiger partial charge in [-0.25, -0.2) is 12.7 Å². The standard InChI is InChI=1S/C27H36N2O3S/c30-27(28-18-15-25(16-19-28)21-24-11-5-2-6-12-24)26-14-7-17-29(22-26)33(31,32)20-8-13-23-9-3-1-4-10-23/h1-6,9-12,25-26H,7-8,13-22H2/t26-/m0/s1. The summed E-state index contributed by atoms with van der Waals surface area (Å²) in [6.45, 7) is 2.46. The van der Waals surface area contributed by atoms with Crippen molar-refractivity contribution < 1.29 is 13.2 Å². The molecule has 2 heterocycles. The summed E-state index contributed by atoms with van der Waals surface area (Å²) < 4.78 is 27.5. The summed E-state index contributed by atoms with van der Waals surface area (Å²) in [5.41, 5.74) is 2.53. The van der Waals surface area contributed by atoms with Crippen LogP contribution in [0.15, 0.2) is 60.7 Å². The second-order valence-corrected chi connectivity index (χ2v) is 11.6. The SMILES string of the molecule is O=C([C@H]1CCCN(S(=O)(=O)CCCc2ccccc2)C1)N1CCC(Cc2ccccc2)CC1. The highest BCUT2D eigenvalue weighted by molar-refractivity contribution is 7.89. The molecule has 0 aromatic heterocycles. The van der Waals surface area contributed by atoms with E-state index in [9.17, 15) is 13.2 Å². The van der Waals surface area contributed by atoms with Gasteiger partial charge in [0.15, 0.2) is 0 Å². The van der Waals surface area contributed by atoms with Crippen LogP contribution in [0.5, 0.6) is 0 Å². The van der Waals surface area contributed by atoms with Crippen molar-refractivity contribution in [1.29, 1.82) is 0 Å². The highest BCUT2D eigenvalue weighted by Gasteiger charge is 2.35. The lowest BCUT2D eigenvalue weighted by Gasteiger charge is -2.37. The molecular weight excluding hydrogens is 432 g/mol. The van der Waals surface area contributed by atoms with Gasteiger partial charge in [-0.1, -0.05) is 60.7 Å². The molecule has 2 aromatic carbocycles. The van der Waals surface area contributed by atoms with Gasteiger partial charge in [0.1, 0.15) is 0 Å². The lowest BCUT2D eigenvalue weighted by molar-refractivity contribution is -0.138. The van der Waals surface area contributed by atoms with Gasteiger partial charge in [-0.15, -0.1) is 0 Å². The molecule has 2 aliphatic rings. The van der Waals surface area contributed by atoms with Crippen LogP contribution in [0, 0.1) is 11.8 Å². The molecule has 0 aliphatic carbocycles. The maximum Gasteiger partial charge on any atom is 0.227 e. The first kappa shape index (κ1) is 24.0.